The molecule has 2 amide bonds. The Hall–Kier alpha value is -3.39. The highest BCUT2D eigenvalue weighted by Gasteiger charge is 2.42. The number of fused-ring (bicyclic) bond motifs is 3. The van der Waals surface area contributed by atoms with Crippen molar-refractivity contribution in [3.63, 3.8) is 0 Å². The van der Waals surface area contributed by atoms with Crippen LogP contribution in [-0.4, -0.2) is 64.4 Å². The third-order valence-electron chi connectivity index (χ3n) is 6.97. The molecule has 34 heavy (non-hydrogen) atoms. The summed E-state index contributed by atoms with van der Waals surface area (Å²) in [6.07, 6.45) is -1.26. The van der Waals surface area contributed by atoms with Gasteiger partial charge in [0.15, 0.2) is 0 Å². The maximum atomic E-state index is 13.2. The van der Waals surface area contributed by atoms with Crippen LogP contribution in [0.25, 0.3) is 11.1 Å². The number of carbonyl (C=O) groups is 3. The first kappa shape index (κ1) is 23.8. The number of alkyl carbamates (subject to hydrolysis) is 1. The number of carboxylic acids is 1. The van der Waals surface area contributed by atoms with Gasteiger partial charge in [-0.15, -0.1) is 0 Å². The van der Waals surface area contributed by atoms with Crippen molar-refractivity contribution in [3.05, 3.63) is 59.7 Å². The Morgan fingerprint density at radius 3 is 2.21 bits per heavy atom. The Bertz CT molecular complexity index is 1060. The molecule has 2 aromatic rings. The third-order valence-corrected chi connectivity index (χ3v) is 6.97. The van der Waals surface area contributed by atoms with Gasteiger partial charge < -0.3 is 25.2 Å². The van der Waals surface area contributed by atoms with Crippen molar-refractivity contribution in [2.24, 2.45) is 5.92 Å². The fourth-order valence-corrected chi connectivity index (χ4v) is 4.92. The molecule has 1 fully saturated rings. The lowest BCUT2D eigenvalue weighted by atomic mass is 9.91. The van der Waals surface area contributed by atoms with E-state index in [2.05, 4.69) is 17.4 Å². The molecule has 0 saturated carbocycles. The molecule has 8 heteroatoms. The molecule has 0 radical (unpaired) electrons. The Morgan fingerprint density at radius 1 is 1.06 bits per heavy atom. The number of piperidine rings is 1. The second-order valence-electron chi connectivity index (χ2n) is 9.27. The van der Waals surface area contributed by atoms with E-state index in [1.165, 1.54) is 4.90 Å². The van der Waals surface area contributed by atoms with Crippen LogP contribution in [0.1, 0.15) is 43.7 Å². The molecule has 0 bridgehead atoms. The molecular formula is C26H30N2O6. The van der Waals surface area contributed by atoms with Crippen LogP contribution < -0.4 is 5.32 Å². The standard InChI is InChI=1S/C26H30N2O6/c1-3-26(2,24(32)28-13-16(23(30)31)12-17(29)14-28)27-25(33)34-15-22-20-10-6-4-8-18(20)19-9-5-7-11-21(19)22/h4-11,16-17,22,29H,3,12-15H2,1-2H3,(H,27,33)(H,30,31). The average Bonchev–Trinajstić information content (AvgIpc) is 3.15. The van der Waals surface area contributed by atoms with Crippen molar-refractivity contribution in [2.75, 3.05) is 19.7 Å². The van der Waals surface area contributed by atoms with E-state index >= 15 is 0 Å². The maximum absolute atomic E-state index is 13.2. The zero-order valence-electron chi connectivity index (χ0n) is 19.4. The first-order valence-electron chi connectivity index (χ1n) is 11.6. The highest BCUT2D eigenvalue weighted by atomic mass is 16.5. The normalized spacial score (nSPS) is 21.2. The van der Waals surface area contributed by atoms with Crippen LogP contribution in [0.5, 0.6) is 0 Å². The molecule has 4 rings (SSSR count). The van der Waals surface area contributed by atoms with E-state index in [9.17, 15) is 24.6 Å². The number of carboxylic acid groups (broad SMARTS) is 1. The van der Waals surface area contributed by atoms with E-state index in [0.29, 0.717) is 0 Å². The molecule has 8 nitrogen and oxygen atoms in total. The van der Waals surface area contributed by atoms with Gasteiger partial charge in [-0.25, -0.2) is 4.79 Å². The molecule has 2 aliphatic rings. The first-order chi connectivity index (χ1) is 16.2. The highest BCUT2D eigenvalue weighted by Crippen LogP contribution is 2.44. The minimum absolute atomic E-state index is 0.00676. The van der Waals surface area contributed by atoms with E-state index in [1.807, 2.05) is 36.4 Å². The number of nitrogens with one attached hydrogen (secondary N) is 1. The molecule has 1 aliphatic carbocycles. The summed E-state index contributed by atoms with van der Waals surface area (Å²) in [7, 11) is 0. The van der Waals surface area contributed by atoms with Gasteiger partial charge in [0.2, 0.25) is 5.91 Å². The minimum Gasteiger partial charge on any atom is -0.481 e. The first-order valence-corrected chi connectivity index (χ1v) is 11.6. The quantitative estimate of drug-likeness (QED) is 0.603. The molecular weight excluding hydrogens is 436 g/mol. The number of β-amino-alcohol motifs (C(OH)–C–C–N with tert-alkyl or cyclic N) is 1. The van der Waals surface area contributed by atoms with E-state index in [4.69, 9.17) is 4.74 Å². The van der Waals surface area contributed by atoms with Crippen LogP contribution >= 0.6 is 0 Å². The smallest absolute Gasteiger partial charge is 0.408 e. The van der Waals surface area contributed by atoms with Gasteiger partial charge in [-0.2, -0.15) is 0 Å². The van der Waals surface area contributed by atoms with E-state index in [1.54, 1.807) is 13.8 Å². The van der Waals surface area contributed by atoms with Crippen LogP contribution in [0.2, 0.25) is 0 Å². The molecule has 3 N–H and O–H groups in total. The lowest BCUT2D eigenvalue weighted by Crippen LogP contribution is -2.61. The summed E-state index contributed by atoms with van der Waals surface area (Å²) < 4.78 is 5.59. The summed E-state index contributed by atoms with van der Waals surface area (Å²) in [6.45, 7) is 3.50. The number of hydrogen-bond donors (Lipinski definition) is 3. The monoisotopic (exact) mass is 466 g/mol. The summed E-state index contributed by atoms with van der Waals surface area (Å²) in [6, 6.07) is 16.1. The molecule has 2 aromatic carbocycles. The fourth-order valence-electron chi connectivity index (χ4n) is 4.92. The Balaban J connectivity index is 1.44. The SMILES string of the molecule is CCC(C)(NC(=O)OCC1c2ccccc2-c2ccccc21)C(=O)N1CC(O)CC(C(=O)O)C1. The van der Waals surface area contributed by atoms with Gasteiger partial charge in [0, 0.05) is 19.0 Å². The molecule has 180 valence electrons. The van der Waals surface area contributed by atoms with E-state index in [-0.39, 0.29) is 38.5 Å². The zero-order chi connectivity index (χ0) is 24.5. The van der Waals surface area contributed by atoms with Crippen LogP contribution in [0.4, 0.5) is 4.79 Å². The summed E-state index contributed by atoms with van der Waals surface area (Å²) in [5.41, 5.74) is 3.14. The molecule has 1 heterocycles. The number of ether oxygens (including phenoxy) is 1. The minimum atomic E-state index is -1.29. The van der Waals surface area contributed by atoms with Gasteiger partial charge in [-0.1, -0.05) is 55.5 Å². The summed E-state index contributed by atoms with van der Waals surface area (Å²) in [5, 5.41) is 22.1. The van der Waals surface area contributed by atoms with Crippen molar-refractivity contribution in [1.82, 2.24) is 10.2 Å². The number of likely N-dealkylation sites (tertiary alicyclic amines) is 1. The highest BCUT2D eigenvalue weighted by molar-refractivity contribution is 5.90. The van der Waals surface area contributed by atoms with Crippen LogP contribution in [-0.2, 0) is 14.3 Å². The van der Waals surface area contributed by atoms with Gasteiger partial charge in [0.1, 0.15) is 12.1 Å². The predicted molar refractivity (Wildman–Crippen MR) is 125 cm³/mol. The zero-order valence-corrected chi connectivity index (χ0v) is 19.4. The number of nitrogens with zero attached hydrogens (tertiary/aromatic N) is 1. The van der Waals surface area contributed by atoms with Crippen molar-refractivity contribution < 1.29 is 29.3 Å². The second kappa shape index (κ2) is 9.46. The van der Waals surface area contributed by atoms with Crippen molar-refractivity contribution in [2.45, 2.75) is 44.2 Å². The van der Waals surface area contributed by atoms with Gasteiger partial charge in [-0.3, -0.25) is 9.59 Å². The predicted octanol–water partition coefficient (Wildman–Crippen LogP) is 2.99. The number of carbonyl (C=O) groups excluding carboxylic acids is 2. The van der Waals surface area contributed by atoms with E-state index in [0.717, 1.165) is 22.3 Å². The number of aliphatic hydroxyl groups is 1. The molecule has 3 unspecified atom stereocenters. The summed E-state index contributed by atoms with van der Waals surface area (Å²) in [5.74, 6) is -2.44. The second-order valence-corrected chi connectivity index (χ2v) is 9.27. The summed E-state index contributed by atoms with van der Waals surface area (Å²) >= 11 is 0. The number of hydrogen-bond acceptors (Lipinski definition) is 5. The topological polar surface area (TPSA) is 116 Å². The fraction of sp³-hybridized carbons (Fsp3) is 0.423. The van der Waals surface area contributed by atoms with Gasteiger partial charge in [0.25, 0.3) is 0 Å². The summed E-state index contributed by atoms with van der Waals surface area (Å²) in [4.78, 5) is 38.7. The Kier molecular flexibility index (Phi) is 6.61. The number of rotatable bonds is 6. The third kappa shape index (κ3) is 4.50. The lowest BCUT2D eigenvalue weighted by Gasteiger charge is -2.39. The van der Waals surface area contributed by atoms with Gasteiger partial charge >= 0.3 is 12.1 Å². The molecule has 1 saturated heterocycles. The lowest BCUT2D eigenvalue weighted by molar-refractivity contribution is -0.151. The largest absolute Gasteiger partial charge is 0.481 e. The van der Waals surface area contributed by atoms with Gasteiger partial charge in [0.05, 0.1) is 12.0 Å². The molecule has 0 spiro atoms. The number of amides is 2. The van der Waals surface area contributed by atoms with Crippen LogP contribution in [0.15, 0.2) is 48.5 Å². The van der Waals surface area contributed by atoms with E-state index < -0.39 is 35.5 Å². The van der Waals surface area contributed by atoms with Crippen molar-refractivity contribution >= 4 is 18.0 Å². The Labute approximate surface area is 198 Å². The van der Waals surface area contributed by atoms with Crippen molar-refractivity contribution in [1.29, 1.82) is 0 Å². The number of benzene rings is 2. The average molecular weight is 467 g/mol. The molecule has 3 atom stereocenters. The molecule has 0 aromatic heterocycles. The van der Waals surface area contributed by atoms with Crippen molar-refractivity contribution in [3.8, 4) is 11.1 Å². The Morgan fingerprint density at radius 2 is 1.65 bits per heavy atom. The van der Waals surface area contributed by atoms with Gasteiger partial charge in [-0.05, 0) is 42.0 Å². The number of aliphatic carboxylic acids is 1. The van der Waals surface area contributed by atoms with Crippen LogP contribution in [0, 0.1) is 5.92 Å². The van der Waals surface area contributed by atoms with Crippen LogP contribution in [0.3, 0.4) is 0 Å². The molecule has 1 aliphatic heterocycles. The number of aliphatic hydroxyl groups excluding tert-OH is 1. The maximum Gasteiger partial charge on any atom is 0.408 e.